The van der Waals surface area contributed by atoms with E-state index in [-0.39, 0.29) is 5.97 Å². The molecule has 4 rings (SSSR count). The van der Waals surface area contributed by atoms with Crippen molar-refractivity contribution < 1.29 is 9.53 Å². The Morgan fingerprint density at radius 3 is 2.57 bits per heavy atom. The zero-order valence-electron chi connectivity index (χ0n) is 12.7. The van der Waals surface area contributed by atoms with E-state index in [2.05, 4.69) is 11.1 Å². The predicted octanol–water partition coefficient (Wildman–Crippen LogP) is 4.29. The van der Waals surface area contributed by atoms with E-state index >= 15 is 0 Å². The molecule has 4 aromatic rings. The van der Waals surface area contributed by atoms with Gasteiger partial charge in [-0.1, -0.05) is 36.4 Å². The second-order valence-corrected chi connectivity index (χ2v) is 5.36. The summed E-state index contributed by atoms with van der Waals surface area (Å²) in [6.07, 6.45) is 2.00. The van der Waals surface area contributed by atoms with E-state index < -0.39 is 0 Å². The number of carbonyl (C=O) groups excluding carboxylic acids is 1. The van der Waals surface area contributed by atoms with E-state index in [1.807, 2.05) is 66.2 Å². The van der Waals surface area contributed by atoms with Gasteiger partial charge in [0.1, 0.15) is 0 Å². The maximum Gasteiger partial charge on any atom is 0.357 e. The summed E-state index contributed by atoms with van der Waals surface area (Å²) < 4.78 is 7.17. The smallest absolute Gasteiger partial charge is 0.357 e. The Morgan fingerprint density at radius 1 is 1.04 bits per heavy atom. The lowest BCUT2D eigenvalue weighted by molar-refractivity contribution is 0.0519. The van der Waals surface area contributed by atoms with Gasteiger partial charge >= 0.3 is 5.97 Å². The third kappa shape index (κ3) is 2.11. The third-order valence-corrected chi connectivity index (χ3v) is 3.99. The first kappa shape index (κ1) is 13.6. The molecule has 2 heterocycles. The molecule has 0 bridgehead atoms. The molecule has 114 valence electrons. The molecular weight excluding hydrogens is 288 g/mol. The number of esters is 1. The van der Waals surface area contributed by atoms with E-state index in [0.29, 0.717) is 12.3 Å². The first-order chi connectivity index (χ1) is 11.3. The summed E-state index contributed by atoms with van der Waals surface area (Å²) in [7, 11) is 0. The average Bonchev–Trinajstić information content (AvgIpc) is 3.11. The topological polar surface area (TPSA) is 47.0 Å². The molecule has 0 saturated carbocycles. The molecule has 0 fully saturated rings. The van der Waals surface area contributed by atoms with E-state index in [9.17, 15) is 4.79 Å². The first-order valence-electron chi connectivity index (χ1n) is 7.64. The Balaban J connectivity index is 2.05. The summed E-state index contributed by atoms with van der Waals surface area (Å²) in [6.45, 7) is 2.16. The zero-order chi connectivity index (χ0) is 15.8. The molecular formula is C19H16N2O2. The lowest BCUT2D eigenvalue weighted by Crippen LogP contribution is -2.11. The Morgan fingerprint density at radius 2 is 1.78 bits per heavy atom. The number of nitrogens with zero attached hydrogens (tertiary/aromatic N) is 1. The largest absolute Gasteiger partial charge is 0.461 e. The predicted molar refractivity (Wildman–Crippen MR) is 91.1 cm³/mol. The van der Waals surface area contributed by atoms with Crippen molar-refractivity contribution in [3.63, 3.8) is 0 Å². The van der Waals surface area contributed by atoms with Gasteiger partial charge in [0.25, 0.3) is 0 Å². The van der Waals surface area contributed by atoms with Gasteiger partial charge in [-0.2, -0.15) is 0 Å². The Bertz CT molecular complexity index is 996. The van der Waals surface area contributed by atoms with Crippen molar-refractivity contribution in [3.8, 4) is 5.69 Å². The van der Waals surface area contributed by atoms with Crippen LogP contribution in [0.15, 0.2) is 60.8 Å². The number of carbonyl (C=O) groups is 1. The highest BCUT2D eigenvalue weighted by Crippen LogP contribution is 2.31. The van der Waals surface area contributed by atoms with Crippen LogP contribution in [0, 0.1) is 0 Å². The van der Waals surface area contributed by atoms with Crippen LogP contribution in [0.25, 0.3) is 27.5 Å². The highest BCUT2D eigenvalue weighted by Gasteiger charge is 2.22. The lowest BCUT2D eigenvalue weighted by atomic mass is 10.2. The fraction of sp³-hybridized carbons (Fsp3) is 0.105. The van der Waals surface area contributed by atoms with Crippen molar-refractivity contribution in [1.82, 2.24) is 9.55 Å². The number of H-pyrrole nitrogens is 1. The van der Waals surface area contributed by atoms with E-state index in [1.54, 1.807) is 0 Å². The highest BCUT2D eigenvalue weighted by molar-refractivity contribution is 6.14. The molecule has 0 aliphatic heterocycles. The highest BCUT2D eigenvalue weighted by atomic mass is 16.5. The summed E-state index contributed by atoms with van der Waals surface area (Å²) in [6, 6.07) is 17.9. The van der Waals surface area contributed by atoms with Gasteiger partial charge in [0.15, 0.2) is 5.69 Å². The molecule has 0 atom stereocenters. The second-order valence-electron chi connectivity index (χ2n) is 5.36. The minimum atomic E-state index is -0.321. The molecule has 0 amide bonds. The SMILES string of the molecule is CCOC(=O)c1c2[nH]c3ccccc3c2cn1-c1ccccc1. The molecule has 0 radical (unpaired) electrons. The summed E-state index contributed by atoms with van der Waals surface area (Å²) in [5.74, 6) is -0.321. The number of fused-ring (bicyclic) bond motifs is 3. The maximum atomic E-state index is 12.5. The Labute approximate surface area is 133 Å². The second kappa shape index (κ2) is 5.32. The van der Waals surface area contributed by atoms with Gasteiger partial charge in [-0.15, -0.1) is 0 Å². The van der Waals surface area contributed by atoms with Gasteiger partial charge in [0.05, 0.1) is 12.1 Å². The van der Waals surface area contributed by atoms with Crippen LogP contribution in [0.2, 0.25) is 0 Å². The van der Waals surface area contributed by atoms with Crippen molar-refractivity contribution in [2.45, 2.75) is 6.92 Å². The van der Waals surface area contributed by atoms with Gasteiger partial charge in [0, 0.05) is 28.2 Å². The fourth-order valence-electron chi connectivity index (χ4n) is 2.99. The van der Waals surface area contributed by atoms with Crippen LogP contribution < -0.4 is 0 Å². The number of ether oxygens (including phenoxy) is 1. The molecule has 23 heavy (non-hydrogen) atoms. The Hall–Kier alpha value is -3.01. The van der Waals surface area contributed by atoms with Crippen molar-refractivity contribution >= 4 is 27.8 Å². The average molecular weight is 304 g/mol. The van der Waals surface area contributed by atoms with Crippen LogP contribution in [0.3, 0.4) is 0 Å². The van der Waals surface area contributed by atoms with E-state index in [4.69, 9.17) is 4.74 Å². The van der Waals surface area contributed by atoms with Crippen LogP contribution in [0.1, 0.15) is 17.4 Å². The molecule has 1 N–H and O–H groups in total. The lowest BCUT2D eigenvalue weighted by Gasteiger charge is -2.08. The molecule has 0 unspecified atom stereocenters. The van der Waals surface area contributed by atoms with Gasteiger partial charge in [-0.3, -0.25) is 0 Å². The molecule has 0 aliphatic rings. The van der Waals surface area contributed by atoms with E-state index in [0.717, 1.165) is 27.5 Å². The quantitative estimate of drug-likeness (QED) is 0.574. The third-order valence-electron chi connectivity index (χ3n) is 3.99. The van der Waals surface area contributed by atoms with Crippen molar-refractivity contribution in [1.29, 1.82) is 0 Å². The fourth-order valence-corrected chi connectivity index (χ4v) is 2.99. The number of hydrogen-bond donors (Lipinski definition) is 1. The monoisotopic (exact) mass is 304 g/mol. The minimum absolute atomic E-state index is 0.321. The molecule has 0 aliphatic carbocycles. The number of para-hydroxylation sites is 2. The number of hydrogen-bond acceptors (Lipinski definition) is 2. The number of aromatic amines is 1. The first-order valence-corrected chi connectivity index (χ1v) is 7.64. The molecule has 2 aromatic heterocycles. The minimum Gasteiger partial charge on any atom is -0.461 e. The van der Waals surface area contributed by atoms with Crippen LogP contribution in [0.4, 0.5) is 0 Å². The molecule has 4 heteroatoms. The van der Waals surface area contributed by atoms with Crippen molar-refractivity contribution in [2.75, 3.05) is 6.61 Å². The van der Waals surface area contributed by atoms with Crippen LogP contribution in [0.5, 0.6) is 0 Å². The van der Waals surface area contributed by atoms with Crippen LogP contribution >= 0.6 is 0 Å². The number of rotatable bonds is 3. The summed E-state index contributed by atoms with van der Waals surface area (Å²) in [5, 5.41) is 2.12. The number of benzene rings is 2. The van der Waals surface area contributed by atoms with Gasteiger partial charge in [-0.05, 0) is 25.1 Å². The maximum absolute atomic E-state index is 12.5. The van der Waals surface area contributed by atoms with Gasteiger partial charge in [0.2, 0.25) is 0 Å². The molecule has 4 nitrogen and oxygen atoms in total. The zero-order valence-corrected chi connectivity index (χ0v) is 12.7. The summed E-state index contributed by atoms with van der Waals surface area (Å²) in [4.78, 5) is 15.9. The van der Waals surface area contributed by atoms with Crippen molar-refractivity contribution in [2.24, 2.45) is 0 Å². The van der Waals surface area contributed by atoms with Crippen LogP contribution in [-0.4, -0.2) is 22.1 Å². The van der Waals surface area contributed by atoms with Crippen molar-refractivity contribution in [3.05, 3.63) is 66.5 Å². The van der Waals surface area contributed by atoms with Crippen LogP contribution in [-0.2, 0) is 4.74 Å². The molecule has 2 aromatic carbocycles. The summed E-state index contributed by atoms with van der Waals surface area (Å²) >= 11 is 0. The van der Waals surface area contributed by atoms with E-state index in [1.165, 1.54) is 0 Å². The Kier molecular flexibility index (Phi) is 3.15. The summed E-state index contributed by atoms with van der Waals surface area (Å²) in [5.41, 5.74) is 3.30. The van der Waals surface area contributed by atoms with Gasteiger partial charge < -0.3 is 14.3 Å². The van der Waals surface area contributed by atoms with Gasteiger partial charge in [-0.25, -0.2) is 4.79 Å². The molecule has 0 saturated heterocycles. The number of aromatic nitrogens is 2. The standard InChI is InChI=1S/C19H16N2O2/c1-2-23-19(22)18-17-15(14-10-6-7-11-16(14)20-17)12-21(18)13-8-4-3-5-9-13/h3-12,20H,2H2,1H3. The molecule has 0 spiro atoms. The number of nitrogens with one attached hydrogen (secondary N) is 1. The normalized spacial score (nSPS) is 11.2.